The zero-order valence-corrected chi connectivity index (χ0v) is 15.8. The molecule has 0 aromatic carbocycles. The number of allylic oxidation sites excluding steroid dienone is 5. The Labute approximate surface area is 145 Å². The molecule has 3 nitrogen and oxygen atoms in total. The summed E-state index contributed by atoms with van der Waals surface area (Å²) in [5.41, 5.74) is 12.5. The van der Waals surface area contributed by atoms with Gasteiger partial charge in [0.2, 0.25) is 5.78 Å². The van der Waals surface area contributed by atoms with Crippen LogP contribution in [0.2, 0.25) is 0 Å². The number of carbonyl (C=O) groups excluding carboxylic acids is 1. The molecule has 0 bridgehead atoms. The van der Waals surface area contributed by atoms with Crippen molar-refractivity contribution in [3.63, 3.8) is 0 Å². The van der Waals surface area contributed by atoms with E-state index >= 15 is 0 Å². The van der Waals surface area contributed by atoms with Gasteiger partial charge < -0.3 is 5.53 Å². The van der Waals surface area contributed by atoms with Crippen LogP contribution in [-0.2, 0) is 4.79 Å². The Bertz CT molecular complexity index is 493. The molecule has 0 saturated heterocycles. The van der Waals surface area contributed by atoms with Crippen molar-refractivity contribution in [3.8, 4) is 0 Å². The second-order valence-corrected chi connectivity index (χ2v) is 7.15. The monoisotopic (exact) mass is 334 g/mol. The van der Waals surface area contributed by atoms with Gasteiger partial charge in [-0.2, -0.15) is 16.6 Å². The Morgan fingerprint density at radius 1 is 0.957 bits per heavy atom. The van der Waals surface area contributed by atoms with Crippen LogP contribution in [0.5, 0.6) is 0 Å². The molecule has 4 heteroatoms. The summed E-state index contributed by atoms with van der Waals surface area (Å²) in [5, 5.41) is 0. The van der Waals surface area contributed by atoms with Crippen LogP contribution >= 0.6 is 11.8 Å². The third-order valence-corrected chi connectivity index (χ3v) is 4.26. The summed E-state index contributed by atoms with van der Waals surface area (Å²) in [6, 6.07) is 0. The first kappa shape index (κ1) is 21.6. The number of ketones is 1. The van der Waals surface area contributed by atoms with Gasteiger partial charge in [-0.25, -0.2) is 0 Å². The predicted octanol–water partition coefficient (Wildman–Crippen LogP) is 5.40. The van der Waals surface area contributed by atoms with Gasteiger partial charge in [0, 0.05) is 17.9 Å². The van der Waals surface area contributed by atoms with Crippen LogP contribution < -0.4 is 0 Å². The largest absolute Gasteiger partial charge is 0.361 e. The van der Waals surface area contributed by atoms with Crippen LogP contribution in [0, 0.1) is 0 Å². The SMILES string of the molecule is CC(C)=CCCC(C)=CCCC(C)=CCSCCC(=O)C=[N+]=[N-]. The molecule has 0 fully saturated rings. The highest BCUT2D eigenvalue weighted by molar-refractivity contribution is 7.99. The van der Waals surface area contributed by atoms with E-state index in [1.54, 1.807) is 11.8 Å². The van der Waals surface area contributed by atoms with Gasteiger partial charge in [-0.15, -0.1) is 0 Å². The Morgan fingerprint density at radius 3 is 2.17 bits per heavy atom. The Hall–Kier alpha value is -1.38. The zero-order valence-electron chi connectivity index (χ0n) is 15.0. The molecule has 0 unspecified atom stereocenters. The van der Waals surface area contributed by atoms with Crippen molar-refractivity contribution in [1.82, 2.24) is 0 Å². The quantitative estimate of drug-likeness (QED) is 0.158. The molecule has 0 spiro atoms. The first-order valence-corrected chi connectivity index (χ1v) is 9.33. The summed E-state index contributed by atoms with van der Waals surface area (Å²) in [6.45, 7) is 8.65. The summed E-state index contributed by atoms with van der Waals surface area (Å²) >= 11 is 1.73. The molecular formula is C19H30N2OS. The summed E-state index contributed by atoms with van der Waals surface area (Å²) in [6.07, 6.45) is 12.7. The molecule has 0 N–H and O–H groups in total. The number of rotatable bonds is 12. The van der Waals surface area contributed by atoms with E-state index in [1.165, 1.54) is 16.7 Å². The van der Waals surface area contributed by atoms with Crippen LogP contribution in [0.1, 0.15) is 59.8 Å². The van der Waals surface area contributed by atoms with Crippen LogP contribution in [0.3, 0.4) is 0 Å². The van der Waals surface area contributed by atoms with E-state index in [-0.39, 0.29) is 5.78 Å². The fourth-order valence-electron chi connectivity index (χ4n) is 1.93. The first-order chi connectivity index (χ1) is 11.0. The number of hydrogen-bond donors (Lipinski definition) is 0. The van der Waals surface area contributed by atoms with E-state index in [2.05, 4.69) is 50.7 Å². The predicted molar refractivity (Wildman–Crippen MR) is 102 cm³/mol. The highest BCUT2D eigenvalue weighted by Crippen LogP contribution is 2.12. The van der Waals surface area contributed by atoms with Crippen molar-refractivity contribution in [3.05, 3.63) is 40.5 Å². The minimum absolute atomic E-state index is 0.130. The van der Waals surface area contributed by atoms with E-state index in [4.69, 9.17) is 5.53 Å². The maximum Gasteiger partial charge on any atom is 0.323 e. The summed E-state index contributed by atoms with van der Waals surface area (Å²) in [7, 11) is 0. The summed E-state index contributed by atoms with van der Waals surface area (Å²) < 4.78 is 0. The van der Waals surface area contributed by atoms with E-state index in [0.29, 0.717) is 6.42 Å². The lowest BCUT2D eigenvalue weighted by Gasteiger charge is -2.02. The number of carbonyl (C=O) groups is 1. The Balaban J connectivity index is 3.83. The third-order valence-electron chi connectivity index (χ3n) is 3.37. The van der Waals surface area contributed by atoms with Crippen molar-refractivity contribution >= 4 is 23.8 Å². The van der Waals surface area contributed by atoms with Crippen LogP contribution in [-0.4, -0.2) is 28.3 Å². The van der Waals surface area contributed by atoms with Gasteiger partial charge in [-0.05, 0) is 53.4 Å². The maximum absolute atomic E-state index is 11.1. The van der Waals surface area contributed by atoms with Crippen LogP contribution in [0.15, 0.2) is 34.9 Å². The smallest absolute Gasteiger partial charge is 0.323 e. The first-order valence-electron chi connectivity index (χ1n) is 8.18. The molecule has 0 atom stereocenters. The standard InChI is InChI=1S/C19H30N2OS/c1-16(2)7-5-8-17(3)9-6-10-18(4)11-13-23-14-12-19(22)15-21-20/h7,9,11,15H,5-6,8,10,12-14H2,1-4H3. The van der Waals surface area contributed by atoms with Gasteiger partial charge in [0.25, 0.3) is 0 Å². The minimum atomic E-state index is -0.130. The molecule has 0 rings (SSSR count). The van der Waals surface area contributed by atoms with Crippen LogP contribution in [0.25, 0.3) is 5.53 Å². The van der Waals surface area contributed by atoms with Crippen molar-refractivity contribution in [2.45, 2.75) is 59.8 Å². The lowest BCUT2D eigenvalue weighted by Crippen LogP contribution is -2.01. The van der Waals surface area contributed by atoms with E-state index < -0.39 is 0 Å². The fourth-order valence-corrected chi connectivity index (χ4v) is 2.84. The van der Waals surface area contributed by atoms with Crippen molar-refractivity contribution in [2.24, 2.45) is 0 Å². The second kappa shape index (κ2) is 14.2. The van der Waals surface area contributed by atoms with Crippen LogP contribution in [0.4, 0.5) is 0 Å². The molecule has 23 heavy (non-hydrogen) atoms. The topological polar surface area (TPSA) is 53.5 Å². The number of Topliss-reactive ketones (excluding diaryl/α,β-unsaturated/α-hetero) is 1. The molecule has 0 heterocycles. The minimum Gasteiger partial charge on any atom is -0.361 e. The van der Waals surface area contributed by atoms with E-state index in [0.717, 1.165) is 43.4 Å². The fraction of sp³-hybridized carbons (Fsp3) is 0.579. The lowest BCUT2D eigenvalue weighted by molar-refractivity contribution is -0.115. The average Bonchev–Trinajstić information content (AvgIpc) is 2.46. The normalized spacial score (nSPS) is 11.8. The van der Waals surface area contributed by atoms with Gasteiger partial charge >= 0.3 is 6.21 Å². The molecule has 0 amide bonds. The number of hydrogen-bond acceptors (Lipinski definition) is 2. The molecule has 0 aliphatic heterocycles. The van der Waals surface area contributed by atoms with Gasteiger partial charge in [-0.1, -0.05) is 34.9 Å². The molecule has 0 saturated carbocycles. The van der Waals surface area contributed by atoms with Crippen molar-refractivity contribution in [1.29, 1.82) is 0 Å². The van der Waals surface area contributed by atoms with E-state index in [1.807, 2.05) is 0 Å². The van der Waals surface area contributed by atoms with Gasteiger partial charge in [0.15, 0.2) is 0 Å². The summed E-state index contributed by atoms with van der Waals surface area (Å²) in [4.78, 5) is 13.8. The zero-order chi connectivity index (χ0) is 17.5. The molecule has 128 valence electrons. The molecular weight excluding hydrogens is 304 g/mol. The number of thioether (sulfide) groups is 1. The third kappa shape index (κ3) is 15.3. The average molecular weight is 335 g/mol. The molecule has 0 radical (unpaired) electrons. The Kier molecular flexibility index (Phi) is 13.4. The number of nitrogens with zero attached hydrogens (tertiary/aromatic N) is 2. The van der Waals surface area contributed by atoms with Gasteiger partial charge in [0.05, 0.1) is 0 Å². The Morgan fingerprint density at radius 2 is 1.57 bits per heavy atom. The second-order valence-electron chi connectivity index (χ2n) is 6.00. The van der Waals surface area contributed by atoms with Crippen molar-refractivity contribution in [2.75, 3.05) is 11.5 Å². The summed E-state index contributed by atoms with van der Waals surface area (Å²) in [5.74, 6) is 1.56. The lowest BCUT2D eigenvalue weighted by atomic mass is 10.1. The molecule has 0 aromatic rings. The molecule has 0 aliphatic rings. The van der Waals surface area contributed by atoms with Gasteiger partial charge in [-0.3, -0.25) is 4.79 Å². The maximum atomic E-state index is 11.1. The van der Waals surface area contributed by atoms with E-state index in [9.17, 15) is 4.79 Å². The highest BCUT2D eigenvalue weighted by atomic mass is 32.2. The van der Waals surface area contributed by atoms with Gasteiger partial charge in [0.1, 0.15) is 0 Å². The molecule has 0 aliphatic carbocycles. The van der Waals surface area contributed by atoms with Crippen molar-refractivity contribution < 1.29 is 9.58 Å². The highest BCUT2D eigenvalue weighted by Gasteiger charge is 2.01. The molecule has 0 aromatic heterocycles.